The first-order valence-corrected chi connectivity index (χ1v) is 6.88. The lowest BCUT2D eigenvalue weighted by molar-refractivity contribution is 0.0660. The van der Waals surface area contributed by atoms with Crippen LogP contribution in [0.4, 0.5) is 0 Å². The van der Waals surface area contributed by atoms with Crippen molar-refractivity contribution in [1.82, 2.24) is 0 Å². The molecule has 0 bridgehead atoms. The van der Waals surface area contributed by atoms with Gasteiger partial charge in [-0.3, -0.25) is 0 Å². The normalized spacial score (nSPS) is 30.6. The average molecular weight is 249 g/mol. The topological polar surface area (TPSA) is 18.5 Å². The molecule has 0 spiro atoms. The Bertz CT molecular complexity index is 175. The van der Waals surface area contributed by atoms with Gasteiger partial charge in [0.2, 0.25) is 0 Å². The molecule has 0 radical (unpaired) electrons. The van der Waals surface area contributed by atoms with Crippen LogP contribution in [0.25, 0.3) is 0 Å². The molecule has 0 N–H and O–H groups in total. The van der Waals surface area contributed by atoms with Crippen molar-refractivity contribution in [2.24, 2.45) is 11.8 Å². The molecule has 3 atom stereocenters. The monoisotopic (exact) mass is 248 g/mol. The summed E-state index contributed by atoms with van der Waals surface area (Å²) in [5.41, 5.74) is 0. The van der Waals surface area contributed by atoms with E-state index in [-0.39, 0.29) is 0 Å². The minimum absolute atomic E-state index is 0.398. The summed E-state index contributed by atoms with van der Waals surface area (Å²) in [4.78, 5) is 0. The van der Waals surface area contributed by atoms with Gasteiger partial charge >= 0.3 is 0 Å². The second-order valence-corrected chi connectivity index (χ2v) is 5.50. The molecule has 3 unspecified atom stereocenters. The summed E-state index contributed by atoms with van der Waals surface area (Å²) in [5, 5.41) is 0.398. The van der Waals surface area contributed by atoms with E-state index in [2.05, 4.69) is 6.92 Å². The maximum Gasteiger partial charge on any atom is 0.0700 e. The first-order chi connectivity index (χ1) is 7.74. The van der Waals surface area contributed by atoms with Gasteiger partial charge in [0.25, 0.3) is 0 Å². The molecule has 96 valence electrons. The number of hydrogen-bond donors (Lipinski definition) is 0. The Hall–Kier alpha value is 0.210. The Morgan fingerprint density at radius 1 is 1.19 bits per heavy atom. The van der Waals surface area contributed by atoms with Crippen molar-refractivity contribution < 1.29 is 9.47 Å². The van der Waals surface area contributed by atoms with E-state index in [1.165, 1.54) is 25.7 Å². The van der Waals surface area contributed by atoms with Crippen molar-refractivity contribution in [2.45, 2.75) is 44.4 Å². The second kappa shape index (κ2) is 8.32. The highest BCUT2D eigenvalue weighted by Gasteiger charge is 2.26. The van der Waals surface area contributed by atoms with Gasteiger partial charge in [0, 0.05) is 19.1 Å². The molecule has 1 rings (SSSR count). The van der Waals surface area contributed by atoms with Crippen molar-refractivity contribution in [3.05, 3.63) is 0 Å². The van der Waals surface area contributed by atoms with E-state index in [1.807, 2.05) is 0 Å². The fourth-order valence-electron chi connectivity index (χ4n) is 2.45. The average Bonchev–Trinajstić information content (AvgIpc) is 2.28. The Labute approximate surface area is 105 Å². The Morgan fingerprint density at radius 2 is 2.00 bits per heavy atom. The lowest BCUT2D eigenvalue weighted by atomic mass is 9.80. The summed E-state index contributed by atoms with van der Waals surface area (Å²) in [6.45, 7) is 4.59. The van der Waals surface area contributed by atoms with Crippen molar-refractivity contribution in [2.75, 3.05) is 26.9 Å². The summed E-state index contributed by atoms with van der Waals surface area (Å²) in [7, 11) is 1.70. The summed E-state index contributed by atoms with van der Waals surface area (Å²) in [6, 6.07) is 0. The highest BCUT2D eigenvalue weighted by molar-refractivity contribution is 6.20. The molecule has 1 aliphatic carbocycles. The SMILES string of the molecule is COCCOCCCC1CC(C)CCC1Cl. The van der Waals surface area contributed by atoms with Gasteiger partial charge < -0.3 is 9.47 Å². The Kier molecular flexibility index (Phi) is 7.42. The molecule has 0 amide bonds. The summed E-state index contributed by atoms with van der Waals surface area (Å²) in [6.07, 6.45) is 6.13. The van der Waals surface area contributed by atoms with Crippen LogP contribution in [0.5, 0.6) is 0 Å². The third-order valence-electron chi connectivity index (χ3n) is 3.45. The zero-order valence-electron chi connectivity index (χ0n) is 10.6. The summed E-state index contributed by atoms with van der Waals surface area (Å²) >= 11 is 6.35. The van der Waals surface area contributed by atoms with Crippen LogP contribution in [0.15, 0.2) is 0 Å². The van der Waals surface area contributed by atoms with Gasteiger partial charge in [-0.25, -0.2) is 0 Å². The van der Waals surface area contributed by atoms with Crippen LogP contribution in [-0.2, 0) is 9.47 Å². The van der Waals surface area contributed by atoms with Gasteiger partial charge in [0.05, 0.1) is 13.2 Å². The fourth-order valence-corrected chi connectivity index (χ4v) is 2.81. The van der Waals surface area contributed by atoms with Crippen LogP contribution < -0.4 is 0 Å². The molecule has 0 heterocycles. The lowest BCUT2D eigenvalue weighted by Crippen LogP contribution is -2.24. The number of hydrogen-bond acceptors (Lipinski definition) is 2. The molecular weight excluding hydrogens is 224 g/mol. The van der Waals surface area contributed by atoms with E-state index in [0.29, 0.717) is 24.5 Å². The van der Waals surface area contributed by atoms with Crippen LogP contribution >= 0.6 is 11.6 Å². The van der Waals surface area contributed by atoms with Gasteiger partial charge in [0.1, 0.15) is 0 Å². The van der Waals surface area contributed by atoms with Crippen LogP contribution in [0.3, 0.4) is 0 Å². The molecule has 0 saturated heterocycles. The zero-order chi connectivity index (χ0) is 11.8. The number of ether oxygens (including phenoxy) is 2. The molecule has 0 aromatic rings. The van der Waals surface area contributed by atoms with E-state index < -0.39 is 0 Å². The number of methoxy groups -OCH3 is 1. The van der Waals surface area contributed by atoms with E-state index >= 15 is 0 Å². The van der Waals surface area contributed by atoms with Crippen LogP contribution in [0.2, 0.25) is 0 Å². The minimum Gasteiger partial charge on any atom is -0.382 e. The van der Waals surface area contributed by atoms with Crippen molar-refractivity contribution in [3.63, 3.8) is 0 Å². The maximum absolute atomic E-state index is 6.35. The van der Waals surface area contributed by atoms with Gasteiger partial charge in [-0.1, -0.05) is 6.92 Å². The first-order valence-electron chi connectivity index (χ1n) is 6.44. The standard InChI is InChI=1S/C13H25ClO2/c1-11-5-6-13(14)12(10-11)4-3-7-16-9-8-15-2/h11-13H,3-10H2,1-2H3. The van der Waals surface area contributed by atoms with E-state index in [4.69, 9.17) is 21.1 Å². The first kappa shape index (κ1) is 14.3. The second-order valence-electron chi connectivity index (χ2n) is 4.94. The van der Waals surface area contributed by atoms with Gasteiger partial charge in [-0.15, -0.1) is 11.6 Å². The number of rotatable bonds is 7. The van der Waals surface area contributed by atoms with Crippen molar-refractivity contribution >= 4 is 11.6 Å². The third-order valence-corrected chi connectivity index (χ3v) is 4.02. The van der Waals surface area contributed by atoms with Crippen molar-refractivity contribution in [1.29, 1.82) is 0 Å². The molecule has 1 aliphatic rings. The predicted molar refractivity (Wildman–Crippen MR) is 68.1 cm³/mol. The molecule has 0 aliphatic heterocycles. The molecular formula is C13H25ClO2. The molecule has 3 heteroatoms. The van der Waals surface area contributed by atoms with Crippen LogP contribution in [-0.4, -0.2) is 32.3 Å². The zero-order valence-corrected chi connectivity index (χ0v) is 11.3. The van der Waals surface area contributed by atoms with Crippen molar-refractivity contribution in [3.8, 4) is 0 Å². The summed E-state index contributed by atoms with van der Waals surface area (Å²) < 4.78 is 10.4. The minimum atomic E-state index is 0.398. The number of alkyl halides is 1. The molecule has 16 heavy (non-hydrogen) atoms. The summed E-state index contributed by atoms with van der Waals surface area (Å²) in [5.74, 6) is 1.56. The van der Waals surface area contributed by atoms with Gasteiger partial charge in [0.15, 0.2) is 0 Å². The van der Waals surface area contributed by atoms with E-state index in [9.17, 15) is 0 Å². The van der Waals surface area contributed by atoms with Gasteiger partial charge in [-0.05, 0) is 43.9 Å². The lowest BCUT2D eigenvalue weighted by Gasteiger charge is -2.31. The fraction of sp³-hybridized carbons (Fsp3) is 1.00. The Morgan fingerprint density at radius 3 is 2.75 bits per heavy atom. The van der Waals surface area contributed by atoms with Gasteiger partial charge in [-0.2, -0.15) is 0 Å². The highest BCUT2D eigenvalue weighted by Crippen LogP contribution is 2.35. The smallest absolute Gasteiger partial charge is 0.0700 e. The van der Waals surface area contributed by atoms with E-state index in [0.717, 1.165) is 18.9 Å². The molecule has 1 fully saturated rings. The number of halogens is 1. The maximum atomic E-state index is 6.35. The third kappa shape index (κ3) is 5.51. The molecule has 1 saturated carbocycles. The van der Waals surface area contributed by atoms with Crippen LogP contribution in [0.1, 0.15) is 39.0 Å². The largest absolute Gasteiger partial charge is 0.382 e. The predicted octanol–water partition coefficient (Wildman–Crippen LogP) is 3.47. The Balaban J connectivity index is 2.02. The molecule has 2 nitrogen and oxygen atoms in total. The van der Waals surface area contributed by atoms with Crippen LogP contribution in [0, 0.1) is 11.8 Å². The van der Waals surface area contributed by atoms with E-state index in [1.54, 1.807) is 7.11 Å². The highest BCUT2D eigenvalue weighted by atomic mass is 35.5. The quantitative estimate of drug-likeness (QED) is 0.507. The molecule has 0 aromatic heterocycles. The molecule has 0 aromatic carbocycles.